The van der Waals surface area contributed by atoms with Gasteiger partial charge in [0.2, 0.25) is 0 Å². The summed E-state index contributed by atoms with van der Waals surface area (Å²) in [7, 11) is 0. The fraction of sp³-hybridized carbons (Fsp3) is 0.0667. The molecule has 0 radical (unpaired) electrons. The summed E-state index contributed by atoms with van der Waals surface area (Å²) in [6.07, 6.45) is 2.62. The maximum absolute atomic E-state index is 11.3. The summed E-state index contributed by atoms with van der Waals surface area (Å²) in [5.74, 6) is 0.519. The van der Waals surface area contributed by atoms with E-state index in [9.17, 15) is 4.79 Å². The fourth-order valence-electron chi connectivity index (χ4n) is 1.94. The third kappa shape index (κ3) is 1.80. The van der Waals surface area contributed by atoms with Crippen LogP contribution in [0.4, 0.5) is 0 Å². The molecule has 0 bridgehead atoms. The second kappa shape index (κ2) is 4.11. The summed E-state index contributed by atoms with van der Waals surface area (Å²) in [6.45, 7) is 3.71. The lowest BCUT2D eigenvalue weighted by Gasteiger charge is -2.06. The molecule has 0 N–H and O–H groups in total. The molecular formula is C15H11NO2. The minimum atomic E-state index is -0.0744. The number of aromatic nitrogens is 1. The van der Waals surface area contributed by atoms with Crippen molar-refractivity contribution in [3.8, 4) is 11.5 Å². The number of hydrogen-bond donors (Lipinski definition) is 0. The van der Waals surface area contributed by atoms with Crippen LogP contribution in [-0.4, -0.2) is 4.98 Å². The average Bonchev–Trinajstić information content (AvgIpc) is 2.36. The van der Waals surface area contributed by atoms with Crippen molar-refractivity contribution in [2.75, 3.05) is 0 Å². The van der Waals surface area contributed by atoms with Crippen LogP contribution >= 0.6 is 0 Å². The first-order valence-corrected chi connectivity index (χ1v) is 5.71. The first kappa shape index (κ1) is 10.7. The van der Waals surface area contributed by atoms with E-state index in [0.29, 0.717) is 17.0 Å². The number of nitrogens with zero attached hydrogens (tertiary/aromatic N) is 1. The van der Waals surface area contributed by atoms with Crippen LogP contribution in [0.3, 0.4) is 0 Å². The van der Waals surface area contributed by atoms with E-state index < -0.39 is 0 Å². The van der Waals surface area contributed by atoms with Crippen molar-refractivity contribution >= 4 is 11.1 Å². The van der Waals surface area contributed by atoms with Crippen molar-refractivity contribution in [2.45, 2.75) is 6.42 Å². The van der Waals surface area contributed by atoms with Gasteiger partial charge in [0.15, 0.2) is 16.8 Å². The van der Waals surface area contributed by atoms with Gasteiger partial charge in [-0.3, -0.25) is 4.79 Å². The van der Waals surface area contributed by atoms with Gasteiger partial charge >= 0.3 is 0 Å². The standard InChI is InChI=1S/C15H11NO2/c1-2-3-10-4-6-12-14(8-10)18-15-9-11(17)5-7-13(15)16-12/h2,4-9H,1,3H2. The SMILES string of the molecule is C=CCc1ccc2nc3ccc(=O)cc-3oc2c1. The highest BCUT2D eigenvalue weighted by atomic mass is 16.3. The van der Waals surface area contributed by atoms with Crippen molar-refractivity contribution in [2.24, 2.45) is 0 Å². The molecule has 0 unspecified atom stereocenters. The van der Waals surface area contributed by atoms with E-state index >= 15 is 0 Å². The zero-order valence-electron chi connectivity index (χ0n) is 9.72. The maximum atomic E-state index is 11.3. The van der Waals surface area contributed by atoms with E-state index in [4.69, 9.17) is 4.42 Å². The van der Waals surface area contributed by atoms with Crippen molar-refractivity contribution in [3.05, 3.63) is 64.8 Å². The first-order valence-electron chi connectivity index (χ1n) is 5.71. The normalized spacial score (nSPS) is 10.9. The predicted molar refractivity (Wildman–Crippen MR) is 70.8 cm³/mol. The highest BCUT2D eigenvalue weighted by Gasteiger charge is 2.09. The van der Waals surface area contributed by atoms with Gasteiger partial charge in [-0.2, -0.15) is 0 Å². The molecule has 0 spiro atoms. The van der Waals surface area contributed by atoms with E-state index in [1.165, 1.54) is 12.1 Å². The van der Waals surface area contributed by atoms with E-state index in [-0.39, 0.29) is 5.43 Å². The van der Waals surface area contributed by atoms with Gasteiger partial charge in [0, 0.05) is 6.07 Å². The summed E-state index contributed by atoms with van der Waals surface area (Å²) in [5, 5.41) is 0. The Bertz CT molecular complexity index is 758. The molecule has 3 heteroatoms. The van der Waals surface area contributed by atoms with Crippen LogP contribution in [-0.2, 0) is 6.42 Å². The van der Waals surface area contributed by atoms with E-state index in [2.05, 4.69) is 11.6 Å². The Kier molecular flexibility index (Phi) is 2.45. The van der Waals surface area contributed by atoms with Crippen LogP contribution in [0.5, 0.6) is 0 Å². The molecular weight excluding hydrogens is 226 g/mol. The van der Waals surface area contributed by atoms with E-state index in [1.807, 2.05) is 24.3 Å². The third-order valence-corrected chi connectivity index (χ3v) is 2.80. The molecule has 1 aliphatic carbocycles. The molecule has 18 heavy (non-hydrogen) atoms. The molecule has 1 aromatic carbocycles. The zero-order valence-corrected chi connectivity index (χ0v) is 9.72. The van der Waals surface area contributed by atoms with Crippen molar-refractivity contribution < 1.29 is 4.42 Å². The number of allylic oxidation sites excluding steroid dienone is 1. The maximum Gasteiger partial charge on any atom is 0.182 e. The van der Waals surface area contributed by atoms with Crippen molar-refractivity contribution in [3.63, 3.8) is 0 Å². The number of rotatable bonds is 2. The minimum absolute atomic E-state index is 0.0744. The first-order chi connectivity index (χ1) is 8.76. The Morgan fingerprint density at radius 1 is 1.22 bits per heavy atom. The van der Waals surface area contributed by atoms with Crippen LogP contribution in [0.2, 0.25) is 0 Å². The van der Waals surface area contributed by atoms with Crippen LogP contribution in [0.1, 0.15) is 5.56 Å². The largest absolute Gasteiger partial charge is 0.453 e. The fourth-order valence-corrected chi connectivity index (χ4v) is 1.94. The molecule has 1 aliphatic heterocycles. The Balaban J connectivity index is 2.29. The van der Waals surface area contributed by atoms with Crippen molar-refractivity contribution in [1.29, 1.82) is 0 Å². The van der Waals surface area contributed by atoms with Gasteiger partial charge in [-0.15, -0.1) is 6.58 Å². The van der Waals surface area contributed by atoms with Gasteiger partial charge in [0.1, 0.15) is 11.2 Å². The number of hydrogen-bond acceptors (Lipinski definition) is 3. The second-order valence-electron chi connectivity index (χ2n) is 4.14. The van der Waals surface area contributed by atoms with Gasteiger partial charge in [-0.1, -0.05) is 12.1 Å². The predicted octanol–water partition coefficient (Wildman–Crippen LogP) is 3.02. The summed E-state index contributed by atoms with van der Waals surface area (Å²) in [6, 6.07) is 10.5. The quantitative estimate of drug-likeness (QED) is 0.508. The van der Waals surface area contributed by atoms with Gasteiger partial charge in [-0.05, 0) is 36.2 Å². The lowest BCUT2D eigenvalue weighted by molar-refractivity contribution is 0.612. The number of benzene rings is 2. The number of fused-ring (bicyclic) bond motifs is 2. The van der Waals surface area contributed by atoms with Gasteiger partial charge in [0.25, 0.3) is 0 Å². The van der Waals surface area contributed by atoms with E-state index in [0.717, 1.165) is 17.5 Å². The van der Waals surface area contributed by atoms with Crippen molar-refractivity contribution in [1.82, 2.24) is 4.98 Å². The lowest BCUT2D eigenvalue weighted by atomic mass is 10.1. The van der Waals surface area contributed by atoms with Gasteiger partial charge in [0.05, 0.1) is 0 Å². The molecule has 0 aromatic heterocycles. The lowest BCUT2D eigenvalue weighted by Crippen LogP contribution is -1.99. The topological polar surface area (TPSA) is 43.1 Å². The zero-order chi connectivity index (χ0) is 12.5. The monoisotopic (exact) mass is 237 g/mol. The molecule has 2 aliphatic rings. The Hall–Kier alpha value is -2.42. The summed E-state index contributed by atoms with van der Waals surface area (Å²) in [4.78, 5) is 15.7. The highest BCUT2D eigenvalue weighted by Crippen LogP contribution is 2.24. The summed E-state index contributed by atoms with van der Waals surface area (Å²) >= 11 is 0. The van der Waals surface area contributed by atoms with Crippen LogP contribution in [0.15, 0.2) is 58.3 Å². The average molecular weight is 237 g/mol. The molecule has 3 nitrogen and oxygen atoms in total. The Labute approximate surface area is 104 Å². The molecule has 0 saturated heterocycles. The summed E-state index contributed by atoms with van der Waals surface area (Å²) < 4.78 is 5.72. The third-order valence-electron chi connectivity index (χ3n) is 2.80. The molecule has 0 amide bonds. The van der Waals surface area contributed by atoms with E-state index in [1.54, 1.807) is 6.07 Å². The molecule has 1 aromatic rings. The smallest absolute Gasteiger partial charge is 0.182 e. The molecule has 88 valence electrons. The molecule has 0 atom stereocenters. The van der Waals surface area contributed by atoms with Crippen LogP contribution in [0.25, 0.3) is 22.6 Å². The molecule has 0 fully saturated rings. The second-order valence-corrected chi connectivity index (χ2v) is 4.14. The minimum Gasteiger partial charge on any atom is -0.453 e. The van der Waals surface area contributed by atoms with Crippen LogP contribution < -0.4 is 5.43 Å². The molecule has 0 saturated carbocycles. The Morgan fingerprint density at radius 3 is 2.94 bits per heavy atom. The van der Waals surface area contributed by atoms with Gasteiger partial charge < -0.3 is 4.42 Å². The highest BCUT2D eigenvalue weighted by molar-refractivity contribution is 5.76. The van der Waals surface area contributed by atoms with Crippen LogP contribution in [0, 0.1) is 0 Å². The summed E-state index contributed by atoms with van der Waals surface area (Å²) in [5.41, 5.74) is 3.20. The molecule has 1 heterocycles. The molecule has 3 rings (SSSR count). The Morgan fingerprint density at radius 2 is 2.11 bits per heavy atom. The van der Waals surface area contributed by atoms with Gasteiger partial charge in [-0.25, -0.2) is 4.98 Å².